The van der Waals surface area contributed by atoms with Crippen LogP contribution in [-0.2, 0) is 6.42 Å². The van der Waals surface area contributed by atoms with Gasteiger partial charge in [-0.05, 0) is 47.9 Å². The Morgan fingerprint density at radius 2 is 1.80 bits per heavy atom. The first-order valence-electron chi connectivity index (χ1n) is 6.92. The lowest BCUT2D eigenvalue weighted by atomic mass is 9.97. The molecule has 0 fully saturated rings. The van der Waals surface area contributed by atoms with E-state index in [2.05, 4.69) is 65.4 Å². The van der Waals surface area contributed by atoms with E-state index in [0.717, 1.165) is 28.0 Å². The zero-order valence-electron chi connectivity index (χ0n) is 11.8. The quantitative estimate of drug-likeness (QED) is 0.763. The summed E-state index contributed by atoms with van der Waals surface area (Å²) in [6.07, 6.45) is 1.06. The molecule has 0 aliphatic carbocycles. The summed E-state index contributed by atoms with van der Waals surface area (Å²) in [4.78, 5) is 0. The van der Waals surface area contributed by atoms with Crippen molar-refractivity contribution in [3.63, 3.8) is 0 Å². The SMILES string of the molecule is CCNC(c1ccc(CC)cc1)c1cc(Br)ccc1Cl. The van der Waals surface area contributed by atoms with Crippen LogP contribution < -0.4 is 5.32 Å². The second kappa shape index (κ2) is 7.26. The van der Waals surface area contributed by atoms with E-state index < -0.39 is 0 Å². The van der Waals surface area contributed by atoms with Crippen LogP contribution >= 0.6 is 27.5 Å². The van der Waals surface area contributed by atoms with Crippen LogP contribution in [0.25, 0.3) is 0 Å². The monoisotopic (exact) mass is 351 g/mol. The summed E-state index contributed by atoms with van der Waals surface area (Å²) in [6.45, 7) is 5.17. The van der Waals surface area contributed by atoms with Crippen molar-refractivity contribution in [1.29, 1.82) is 0 Å². The summed E-state index contributed by atoms with van der Waals surface area (Å²) >= 11 is 9.90. The molecule has 0 spiro atoms. The van der Waals surface area contributed by atoms with Gasteiger partial charge in [0.15, 0.2) is 0 Å². The van der Waals surface area contributed by atoms with Crippen LogP contribution in [0, 0.1) is 0 Å². The van der Waals surface area contributed by atoms with Crippen molar-refractivity contribution in [2.75, 3.05) is 6.54 Å². The highest BCUT2D eigenvalue weighted by molar-refractivity contribution is 9.10. The minimum absolute atomic E-state index is 0.121. The van der Waals surface area contributed by atoms with Gasteiger partial charge in [-0.3, -0.25) is 0 Å². The van der Waals surface area contributed by atoms with Gasteiger partial charge in [-0.1, -0.05) is 65.6 Å². The molecule has 0 aliphatic rings. The number of nitrogens with one attached hydrogen (secondary N) is 1. The van der Waals surface area contributed by atoms with Crippen molar-refractivity contribution < 1.29 is 0 Å². The maximum Gasteiger partial charge on any atom is 0.0591 e. The van der Waals surface area contributed by atoms with E-state index in [0.29, 0.717) is 0 Å². The summed E-state index contributed by atoms with van der Waals surface area (Å²) in [5, 5.41) is 4.31. The molecule has 0 radical (unpaired) electrons. The Bertz CT molecular complexity index is 566. The van der Waals surface area contributed by atoms with Crippen molar-refractivity contribution in [3.05, 3.63) is 68.7 Å². The van der Waals surface area contributed by atoms with Crippen molar-refractivity contribution >= 4 is 27.5 Å². The number of rotatable bonds is 5. The highest BCUT2D eigenvalue weighted by Gasteiger charge is 2.16. The third kappa shape index (κ3) is 3.63. The molecular weight excluding hydrogens is 334 g/mol. The Balaban J connectivity index is 2.41. The van der Waals surface area contributed by atoms with E-state index in [1.807, 2.05) is 12.1 Å². The van der Waals surface area contributed by atoms with Gasteiger partial charge in [-0.25, -0.2) is 0 Å². The largest absolute Gasteiger partial charge is 0.306 e. The number of hydrogen-bond donors (Lipinski definition) is 1. The van der Waals surface area contributed by atoms with Gasteiger partial charge in [0.2, 0.25) is 0 Å². The zero-order chi connectivity index (χ0) is 14.5. The van der Waals surface area contributed by atoms with Crippen molar-refractivity contribution in [1.82, 2.24) is 5.32 Å². The fourth-order valence-electron chi connectivity index (χ4n) is 2.29. The molecule has 2 aromatic rings. The average molecular weight is 353 g/mol. The third-order valence-corrected chi connectivity index (χ3v) is 4.24. The van der Waals surface area contributed by atoms with Gasteiger partial charge in [-0.15, -0.1) is 0 Å². The van der Waals surface area contributed by atoms with Crippen molar-refractivity contribution in [2.24, 2.45) is 0 Å². The number of aryl methyl sites for hydroxylation is 1. The number of halogens is 2. The summed E-state index contributed by atoms with van der Waals surface area (Å²) in [5.74, 6) is 0. The summed E-state index contributed by atoms with van der Waals surface area (Å²) in [6, 6.07) is 14.9. The second-order valence-corrected chi connectivity index (χ2v) is 6.07. The molecule has 0 bridgehead atoms. The standard InChI is InChI=1S/C17H19BrClN/c1-3-12-5-7-13(8-6-12)17(20-4-2)15-11-14(18)9-10-16(15)19/h5-11,17,20H,3-4H2,1-2H3. The van der Waals surface area contributed by atoms with E-state index in [4.69, 9.17) is 11.6 Å². The first-order valence-corrected chi connectivity index (χ1v) is 8.10. The molecule has 1 unspecified atom stereocenters. The molecule has 2 aromatic carbocycles. The minimum atomic E-state index is 0.121. The minimum Gasteiger partial charge on any atom is -0.306 e. The Labute approximate surface area is 134 Å². The van der Waals surface area contributed by atoms with Crippen LogP contribution in [0.3, 0.4) is 0 Å². The van der Waals surface area contributed by atoms with E-state index >= 15 is 0 Å². The molecule has 0 amide bonds. The molecule has 106 valence electrons. The van der Waals surface area contributed by atoms with Gasteiger partial charge in [0.05, 0.1) is 6.04 Å². The molecule has 0 saturated carbocycles. The first kappa shape index (κ1) is 15.6. The van der Waals surface area contributed by atoms with Crippen LogP contribution in [0.2, 0.25) is 5.02 Å². The van der Waals surface area contributed by atoms with E-state index in [1.54, 1.807) is 0 Å². The molecule has 0 aliphatic heterocycles. The Kier molecular flexibility index (Phi) is 5.64. The maximum atomic E-state index is 6.37. The Morgan fingerprint density at radius 1 is 1.10 bits per heavy atom. The third-order valence-electron chi connectivity index (χ3n) is 3.40. The number of benzene rings is 2. The summed E-state index contributed by atoms with van der Waals surface area (Å²) in [5.41, 5.74) is 3.69. The van der Waals surface area contributed by atoms with Crippen molar-refractivity contribution in [3.8, 4) is 0 Å². The number of hydrogen-bond acceptors (Lipinski definition) is 1. The molecule has 0 aromatic heterocycles. The molecule has 1 atom stereocenters. The Morgan fingerprint density at radius 3 is 2.40 bits per heavy atom. The predicted octanol–water partition coefficient (Wildman–Crippen LogP) is 5.36. The first-order chi connectivity index (χ1) is 9.65. The fourth-order valence-corrected chi connectivity index (χ4v) is 2.90. The Hall–Kier alpha value is -0.830. The van der Waals surface area contributed by atoms with Gasteiger partial charge in [0.1, 0.15) is 0 Å². The molecule has 1 nitrogen and oxygen atoms in total. The normalized spacial score (nSPS) is 12.4. The predicted molar refractivity (Wildman–Crippen MR) is 90.5 cm³/mol. The van der Waals surface area contributed by atoms with Crippen LogP contribution in [0.5, 0.6) is 0 Å². The molecule has 20 heavy (non-hydrogen) atoms. The van der Waals surface area contributed by atoms with Crippen LogP contribution in [0.15, 0.2) is 46.9 Å². The maximum absolute atomic E-state index is 6.37. The highest BCUT2D eigenvalue weighted by Crippen LogP contribution is 2.31. The van der Waals surface area contributed by atoms with Crippen LogP contribution in [0.1, 0.15) is 36.6 Å². The highest BCUT2D eigenvalue weighted by atomic mass is 79.9. The topological polar surface area (TPSA) is 12.0 Å². The second-order valence-electron chi connectivity index (χ2n) is 4.75. The smallest absolute Gasteiger partial charge is 0.0591 e. The van der Waals surface area contributed by atoms with Crippen molar-refractivity contribution in [2.45, 2.75) is 26.3 Å². The summed E-state index contributed by atoms with van der Waals surface area (Å²) in [7, 11) is 0. The van der Waals surface area contributed by atoms with Gasteiger partial charge in [-0.2, -0.15) is 0 Å². The lowest BCUT2D eigenvalue weighted by Crippen LogP contribution is -2.22. The zero-order valence-corrected chi connectivity index (χ0v) is 14.1. The lowest BCUT2D eigenvalue weighted by Gasteiger charge is -2.21. The average Bonchev–Trinajstić information content (AvgIpc) is 2.48. The molecule has 3 heteroatoms. The van der Waals surface area contributed by atoms with Gasteiger partial charge in [0, 0.05) is 9.50 Å². The van der Waals surface area contributed by atoms with Crippen LogP contribution in [-0.4, -0.2) is 6.54 Å². The van der Waals surface area contributed by atoms with E-state index in [-0.39, 0.29) is 6.04 Å². The lowest BCUT2D eigenvalue weighted by molar-refractivity contribution is 0.630. The van der Waals surface area contributed by atoms with E-state index in [9.17, 15) is 0 Å². The molecular formula is C17H19BrClN. The van der Waals surface area contributed by atoms with Crippen LogP contribution in [0.4, 0.5) is 0 Å². The molecule has 0 saturated heterocycles. The summed E-state index contributed by atoms with van der Waals surface area (Å²) < 4.78 is 1.05. The molecule has 2 rings (SSSR count). The van der Waals surface area contributed by atoms with E-state index in [1.165, 1.54) is 11.1 Å². The van der Waals surface area contributed by atoms with Gasteiger partial charge in [0.25, 0.3) is 0 Å². The van der Waals surface area contributed by atoms with Gasteiger partial charge >= 0.3 is 0 Å². The molecule has 0 heterocycles. The fraction of sp³-hybridized carbons (Fsp3) is 0.294. The van der Waals surface area contributed by atoms with Gasteiger partial charge < -0.3 is 5.32 Å². The molecule has 1 N–H and O–H groups in total.